The number of likely N-dealkylation sites (tertiary alicyclic amines) is 1. The van der Waals surface area contributed by atoms with Crippen molar-refractivity contribution in [2.45, 2.75) is 19.4 Å². The van der Waals surface area contributed by atoms with Gasteiger partial charge in [-0.25, -0.2) is 0 Å². The van der Waals surface area contributed by atoms with Gasteiger partial charge < -0.3 is 14.6 Å². The number of nitrogens with zero attached hydrogens (tertiary/aromatic N) is 1. The van der Waals surface area contributed by atoms with Crippen molar-refractivity contribution in [2.24, 2.45) is 0 Å². The van der Waals surface area contributed by atoms with Crippen LogP contribution in [0, 0.1) is 0 Å². The standard InChI is InChI=1S/C14H21NO3/c1-17-13-6-4-5-12(11-16)14(13)18-10-9-15-7-2-3-8-15/h4-6,16H,2-3,7-11H2,1H3. The fourth-order valence-corrected chi connectivity index (χ4v) is 2.29. The number of benzene rings is 1. The summed E-state index contributed by atoms with van der Waals surface area (Å²) in [6, 6.07) is 5.57. The number of rotatable bonds is 6. The van der Waals surface area contributed by atoms with Crippen LogP contribution < -0.4 is 9.47 Å². The van der Waals surface area contributed by atoms with Gasteiger partial charge in [-0.1, -0.05) is 12.1 Å². The molecule has 100 valence electrons. The number of aliphatic hydroxyl groups excluding tert-OH is 1. The summed E-state index contributed by atoms with van der Waals surface area (Å²) in [6.45, 7) is 3.87. The molecule has 2 rings (SSSR count). The van der Waals surface area contributed by atoms with E-state index in [4.69, 9.17) is 9.47 Å². The molecule has 1 fully saturated rings. The average molecular weight is 251 g/mol. The van der Waals surface area contributed by atoms with Crippen molar-refractivity contribution in [1.82, 2.24) is 4.90 Å². The van der Waals surface area contributed by atoms with Crippen molar-refractivity contribution >= 4 is 0 Å². The highest BCUT2D eigenvalue weighted by atomic mass is 16.5. The zero-order chi connectivity index (χ0) is 12.8. The molecule has 0 aliphatic carbocycles. The molecular weight excluding hydrogens is 230 g/mol. The molecule has 0 atom stereocenters. The molecule has 1 aromatic carbocycles. The van der Waals surface area contributed by atoms with Gasteiger partial charge in [-0.2, -0.15) is 0 Å². The minimum absolute atomic E-state index is 0.0315. The Hall–Kier alpha value is -1.26. The molecule has 0 unspecified atom stereocenters. The van der Waals surface area contributed by atoms with Crippen molar-refractivity contribution in [3.8, 4) is 11.5 Å². The van der Waals surface area contributed by atoms with Gasteiger partial charge in [0.2, 0.25) is 0 Å². The van der Waals surface area contributed by atoms with E-state index >= 15 is 0 Å². The van der Waals surface area contributed by atoms with Crippen LogP contribution in [-0.2, 0) is 6.61 Å². The number of methoxy groups -OCH3 is 1. The zero-order valence-electron chi connectivity index (χ0n) is 10.9. The number of aliphatic hydroxyl groups is 1. The Morgan fingerprint density at radius 1 is 1.28 bits per heavy atom. The second kappa shape index (κ2) is 6.61. The largest absolute Gasteiger partial charge is 0.493 e. The lowest BCUT2D eigenvalue weighted by Gasteiger charge is -2.17. The third-order valence-corrected chi connectivity index (χ3v) is 3.30. The molecule has 1 saturated heterocycles. The highest BCUT2D eigenvalue weighted by Crippen LogP contribution is 2.31. The molecule has 0 radical (unpaired) electrons. The minimum atomic E-state index is -0.0315. The zero-order valence-corrected chi connectivity index (χ0v) is 10.9. The van der Waals surface area contributed by atoms with Crippen LogP contribution in [0.2, 0.25) is 0 Å². The molecular formula is C14H21NO3. The molecule has 1 aliphatic heterocycles. The Kier molecular flexibility index (Phi) is 4.84. The summed E-state index contributed by atoms with van der Waals surface area (Å²) in [5.41, 5.74) is 0.774. The van der Waals surface area contributed by atoms with Gasteiger partial charge in [-0.3, -0.25) is 4.90 Å². The predicted molar refractivity (Wildman–Crippen MR) is 70.1 cm³/mol. The highest BCUT2D eigenvalue weighted by Gasteiger charge is 2.13. The topological polar surface area (TPSA) is 41.9 Å². The minimum Gasteiger partial charge on any atom is -0.493 e. The van der Waals surface area contributed by atoms with Crippen LogP contribution in [0.1, 0.15) is 18.4 Å². The third-order valence-electron chi connectivity index (χ3n) is 3.30. The molecule has 1 aromatic rings. The Morgan fingerprint density at radius 2 is 2.06 bits per heavy atom. The summed E-state index contributed by atoms with van der Waals surface area (Å²) in [7, 11) is 1.61. The average Bonchev–Trinajstić information content (AvgIpc) is 2.92. The van der Waals surface area contributed by atoms with E-state index in [0.717, 1.165) is 12.1 Å². The summed E-state index contributed by atoms with van der Waals surface area (Å²) in [5, 5.41) is 9.30. The van der Waals surface area contributed by atoms with Gasteiger partial charge in [0.25, 0.3) is 0 Å². The van der Waals surface area contributed by atoms with Crippen LogP contribution in [0.3, 0.4) is 0 Å². The van der Waals surface area contributed by atoms with Gasteiger partial charge in [0.15, 0.2) is 11.5 Å². The molecule has 0 spiro atoms. The quantitative estimate of drug-likeness (QED) is 0.835. The third kappa shape index (κ3) is 3.15. The first-order valence-electron chi connectivity index (χ1n) is 6.47. The van der Waals surface area contributed by atoms with E-state index in [0.29, 0.717) is 18.1 Å². The van der Waals surface area contributed by atoms with Gasteiger partial charge in [-0.05, 0) is 32.0 Å². The molecule has 0 amide bonds. The van der Waals surface area contributed by atoms with Gasteiger partial charge in [0.1, 0.15) is 6.61 Å². The maximum Gasteiger partial charge on any atom is 0.166 e. The Balaban J connectivity index is 1.94. The molecule has 0 aromatic heterocycles. The lowest BCUT2D eigenvalue weighted by atomic mass is 10.2. The molecule has 0 bridgehead atoms. The number of hydrogen-bond donors (Lipinski definition) is 1. The highest BCUT2D eigenvalue weighted by molar-refractivity contribution is 5.46. The lowest BCUT2D eigenvalue weighted by molar-refractivity contribution is 0.220. The number of para-hydroxylation sites is 1. The monoisotopic (exact) mass is 251 g/mol. The SMILES string of the molecule is COc1cccc(CO)c1OCCN1CCCC1. The van der Waals surface area contributed by atoms with Crippen LogP contribution in [0.15, 0.2) is 18.2 Å². The van der Waals surface area contributed by atoms with E-state index in [1.165, 1.54) is 25.9 Å². The molecule has 0 saturated carbocycles. The Bertz CT molecular complexity index is 353. The first-order chi connectivity index (χ1) is 8.85. The molecule has 4 nitrogen and oxygen atoms in total. The maximum absolute atomic E-state index is 9.30. The van der Waals surface area contributed by atoms with E-state index in [1.807, 2.05) is 18.2 Å². The number of hydrogen-bond acceptors (Lipinski definition) is 4. The Morgan fingerprint density at radius 3 is 2.72 bits per heavy atom. The molecule has 1 N–H and O–H groups in total. The van der Waals surface area contributed by atoms with Crippen molar-refractivity contribution in [2.75, 3.05) is 33.4 Å². The molecule has 18 heavy (non-hydrogen) atoms. The van der Waals surface area contributed by atoms with Crippen LogP contribution in [0.25, 0.3) is 0 Å². The van der Waals surface area contributed by atoms with Gasteiger partial charge in [0.05, 0.1) is 13.7 Å². The predicted octanol–water partition coefficient (Wildman–Crippen LogP) is 1.66. The molecule has 4 heteroatoms. The van der Waals surface area contributed by atoms with E-state index < -0.39 is 0 Å². The smallest absolute Gasteiger partial charge is 0.166 e. The van der Waals surface area contributed by atoms with Gasteiger partial charge in [0, 0.05) is 12.1 Å². The molecule has 1 heterocycles. The van der Waals surface area contributed by atoms with Crippen LogP contribution in [0.5, 0.6) is 11.5 Å². The van der Waals surface area contributed by atoms with Crippen molar-refractivity contribution < 1.29 is 14.6 Å². The summed E-state index contributed by atoms with van der Waals surface area (Å²) in [4.78, 5) is 2.40. The van der Waals surface area contributed by atoms with Crippen molar-refractivity contribution in [3.05, 3.63) is 23.8 Å². The second-order valence-electron chi connectivity index (χ2n) is 4.50. The summed E-state index contributed by atoms with van der Waals surface area (Å²) in [6.07, 6.45) is 2.58. The first-order valence-corrected chi connectivity index (χ1v) is 6.47. The lowest BCUT2D eigenvalue weighted by Crippen LogP contribution is -2.25. The summed E-state index contributed by atoms with van der Waals surface area (Å²) in [5.74, 6) is 1.35. The first kappa shape index (κ1) is 13.2. The van der Waals surface area contributed by atoms with Gasteiger partial charge >= 0.3 is 0 Å². The number of ether oxygens (including phenoxy) is 2. The van der Waals surface area contributed by atoms with E-state index in [9.17, 15) is 5.11 Å². The Labute approximate surface area is 108 Å². The van der Waals surface area contributed by atoms with E-state index in [1.54, 1.807) is 7.11 Å². The van der Waals surface area contributed by atoms with Crippen LogP contribution in [-0.4, -0.2) is 43.4 Å². The summed E-state index contributed by atoms with van der Waals surface area (Å²) >= 11 is 0. The van der Waals surface area contributed by atoms with Gasteiger partial charge in [-0.15, -0.1) is 0 Å². The fraction of sp³-hybridized carbons (Fsp3) is 0.571. The van der Waals surface area contributed by atoms with Crippen LogP contribution >= 0.6 is 0 Å². The van der Waals surface area contributed by atoms with Crippen molar-refractivity contribution in [1.29, 1.82) is 0 Å². The summed E-state index contributed by atoms with van der Waals surface area (Å²) < 4.78 is 11.0. The van der Waals surface area contributed by atoms with E-state index in [-0.39, 0.29) is 6.61 Å². The van der Waals surface area contributed by atoms with E-state index in [2.05, 4.69) is 4.90 Å². The fourth-order valence-electron chi connectivity index (χ4n) is 2.29. The maximum atomic E-state index is 9.30. The molecule has 1 aliphatic rings. The second-order valence-corrected chi connectivity index (χ2v) is 4.50. The normalized spacial score (nSPS) is 15.9. The van der Waals surface area contributed by atoms with Crippen LogP contribution in [0.4, 0.5) is 0 Å². The van der Waals surface area contributed by atoms with Crippen molar-refractivity contribution in [3.63, 3.8) is 0 Å².